The number of aryl methyl sites for hydroxylation is 1. The fourth-order valence-corrected chi connectivity index (χ4v) is 4.45. The number of methoxy groups -OCH3 is 1. The number of benzene rings is 2. The lowest BCUT2D eigenvalue weighted by molar-refractivity contribution is 0.0988. The summed E-state index contributed by atoms with van der Waals surface area (Å²) < 4.78 is 5.24. The number of para-hydroxylation sites is 1. The van der Waals surface area contributed by atoms with E-state index in [0.717, 1.165) is 16.9 Å². The van der Waals surface area contributed by atoms with Crippen molar-refractivity contribution in [3.05, 3.63) is 87.2 Å². The molecule has 0 aliphatic carbocycles. The van der Waals surface area contributed by atoms with Gasteiger partial charge in [-0.25, -0.2) is 9.97 Å². The van der Waals surface area contributed by atoms with Crippen LogP contribution in [0.5, 0.6) is 5.75 Å². The van der Waals surface area contributed by atoms with Gasteiger partial charge < -0.3 is 15.0 Å². The van der Waals surface area contributed by atoms with E-state index in [1.54, 1.807) is 18.1 Å². The summed E-state index contributed by atoms with van der Waals surface area (Å²) in [5.74, 6) is 0.963. The van der Waals surface area contributed by atoms with E-state index in [2.05, 4.69) is 20.3 Å². The van der Waals surface area contributed by atoms with Crippen LogP contribution in [0.2, 0.25) is 10.2 Å². The van der Waals surface area contributed by atoms with E-state index >= 15 is 0 Å². The maximum absolute atomic E-state index is 13.6. The molecule has 4 aromatic rings. The van der Waals surface area contributed by atoms with Gasteiger partial charge in [-0.15, -0.1) is 0 Å². The standard InChI is InChI=1S/C23H19Cl2N5O2S/c1-14-4-3-5-17(24)21(14)30(13-15-6-8-16(32-2)9-7-15)22(31)18-10-27-23(33-18)29-20-12-26-11-19(25)28-20/h3-12H,13H2,1-2H3,(H,27,28,29). The fraction of sp³-hybridized carbons (Fsp3) is 0.130. The highest BCUT2D eigenvalue weighted by molar-refractivity contribution is 7.17. The van der Waals surface area contributed by atoms with Crippen molar-refractivity contribution in [3.8, 4) is 5.75 Å². The summed E-state index contributed by atoms with van der Waals surface area (Å²) in [4.78, 5) is 28.2. The van der Waals surface area contributed by atoms with Crippen LogP contribution in [0.4, 0.5) is 16.6 Å². The number of hydrogen-bond donors (Lipinski definition) is 1. The summed E-state index contributed by atoms with van der Waals surface area (Å²) in [5, 5.41) is 4.27. The van der Waals surface area contributed by atoms with Crippen LogP contribution in [-0.2, 0) is 6.54 Å². The lowest BCUT2D eigenvalue weighted by Crippen LogP contribution is -2.30. The smallest absolute Gasteiger partial charge is 0.270 e. The van der Waals surface area contributed by atoms with Gasteiger partial charge in [0, 0.05) is 0 Å². The van der Waals surface area contributed by atoms with E-state index in [0.29, 0.717) is 33.1 Å². The van der Waals surface area contributed by atoms with Crippen molar-refractivity contribution in [2.24, 2.45) is 0 Å². The highest BCUT2D eigenvalue weighted by Gasteiger charge is 2.24. The van der Waals surface area contributed by atoms with Gasteiger partial charge in [-0.3, -0.25) is 9.78 Å². The lowest BCUT2D eigenvalue weighted by atomic mass is 10.1. The van der Waals surface area contributed by atoms with Crippen LogP contribution >= 0.6 is 34.5 Å². The first-order chi connectivity index (χ1) is 15.9. The quantitative estimate of drug-likeness (QED) is 0.328. The number of carbonyl (C=O) groups excluding carboxylic acids is 1. The second kappa shape index (κ2) is 10.2. The van der Waals surface area contributed by atoms with Crippen LogP contribution < -0.4 is 15.0 Å². The number of halogens is 2. The Morgan fingerprint density at radius 2 is 1.91 bits per heavy atom. The number of aromatic nitrogens is 3. The molecule has 0 radical (unpaired) electrons. The minimum Gasteiger partial charge on any atom is -0.497 e. The number of anilines is 3. The van der Waals surface area contributed by atoms with Crippen molar-refractivity contribution in [2.75, 3.05) is 17.3 Å². The lowest BCUT2D eigenvalue weighted by Gasteiger charge is -2.25. The average molecular weight is 500 g/mol. The molecule has 10 heteroatoms. The molecule has 0 aliphatic heterocycles. The summed E-state index contributed by atoms with van der Waals surface area (Å²) in [6, 6.07) is 13.1. The second-order valence-corrected chi connectivity index (χ2v) is 8.85. The molecule has 0 fully saturated rings. The summed E-state index contributed by atoms with van der Waals surface area (Å²) in [5.41, 5.74) is 2.48. The van der Waals surface area contributed by atoms with E-state index in [1.165, 1.54) is 29.9 Å². The molecule has 1 N–H and O–H groups in total. The van der Waals surface area contributed by atoms with Crippen LogP contribution in [0.15, 0.2) is 61.1 Å². The molecule has 0 unspecified atom stereocenters. The Labute approximate surface area is 205 Å². The number of amides is 1. The summed E-state index contributed by atoms with van der Waals surface area (Å²) >= 11 is 13.6. The highest BCUT2D eigenvalue weighted by Crippen LogP contribution is 2.33. The molecule has 2 aromatic heterocycles. The van der Waals surface area contributed by atoms with E-state index in [-0.39, 0.29) is 11.1 Å². The third-order valence-electron chi connectivity index (χ3n) is 4.76. The number of nitrogens with zero attached hydrogens (tertiary/aromatic N) is 4. The van der Waals surface area contributed by atoms with E-state index < -0.39 is 0 Å². The van der Waals surface area contributed by atoms with Gasteiger partial charge in [0.25, 0.3) is 5.91 Å². The molecular formula is C23H19Cl2N5O2S. The van der Waals surface area contributed by atoms with Gasteiger partial charge in [0.1, 0.15) is 15.8 Å². The predicted octanol–water partition coefficient (Wildman–Crippen LogP) is 6.15. The first kappa shape index (κ1) is 23.0. The Morgan fingerprint density at radius 1 is 1.12 bits per heavy atom. The Balaban J connectivity index is 1.65. The zero-order chi connectivity index (χ0) is 23.4. The molecule has 33 heavy (non-hydrogen) atoms. The zero-order valence-corrected chi connectivity index (χ0v) is 20.1. The third kappa shape index (κ3) is 5.42. The minimum atomic E-state index is -0.218. The first-order valence-electron chi connectivity index (χ1n) is 9.85. The van der Waals surface area contributed by atoms with Crippen LogP contribution in [0.1, 0.15) is 20.8 Å². The van der Waals surface area contributed by atoms with E-state index in [4.69, 9.17) is 27.9 Å². The number of rotatable bonds is 7. The number of ether oxygens (including phenoxy) is 1. The van der Waals surface area contributed by atoms with Gasteiger partial charge in [0.15, 0.2) is 10.9 Å². The number of hydrogen-bond acceptors (Lipinski definition) is 7. The predicted molar refractivity (Wildman–Crippen MR) is 132 cm³/mol. The molecule has 0 spiro atoms. The molecular weight excluding hydrogens is 481 g/mol. The summed E-state index contributed by atoms with van der Waals surface area (Å²) in [6.07, 6.45) is 4.49. The van der Waals surface area contributed by atoms with E-state index in [9.17, 15) is 4.79 Å². The molecule has 0 bridgehead atoms. The Morgan fingerprint density at radius 3 is 2.61 bits per heavy atom. The van der Waals surface area contributed by atoms with Crippen molar-refractivity contribution in [2.45, 2.75) is 13.5 Å². The van der Waals surface area contributed by atoms with Crippen molar-refractivity contribution < 1.29 is 9.53 Å². The molecule has 0 aliphatic rings. The molecule has 2 heterocycles. The normalized spacial score (nSPS) is 10.7. The van der Waals surface area contributed by atoms with Gasteiger partial charge in [-0.1, -0.05) is 58.8 Å². The molecule has 168 valence electrons. The van der Waals surface area contributed by atoms with Crippen molar-refractivity contribution in [1.82, 2.24) is 15.0 Å². The maximum atomic E-state index is 13.6. The van der Waals surface area contributed by atoms with Crippen LogP contribution in [0.3, 0.4) is 0 Å². The third-order valence-corrected chi connectivity index (χ3v) is 6.15. The molecule has 7 nitrogen and oxygen atoms in total. The molecule has 0 saturated heterocycles. The largest absolute Gasteiger partial charge is 0.497 e. The van der Waals surface area contributed by atoms with Crippen molar-refractivity contribution >= 4 is 57.1 Å². The minimum absolute atomic E-state index is 0.218. The Kier molecular flexibility index (Phi) is 7.08. The van der Waals surface area contributed by atoms with Crippen LogP contribution in [0, 0.1) is 6.92 Å². The van der Waals surface area contributed by atoms with Gasteiger partial charge in [0.05, 0.1) is 43.0 Å². The Hall–Kier alpha value is -3.20. The first-order valence-corrected chi connectivity index (χ1v) is 11.4. The zero-order valence-electron chi connectivity index (χ0n) is 17.8. The molecule has 4 rings (SSSR count). The highest BCUT2D eigenvalue weighted by atomic mass is 35.5. The summed E-state index contributed by atoms with van der Waals surface area (Å²) in [7, 11) is 1.61. The summed E-state index contributed by atoms with van der Waals surface area (Å²) in [6.45, 7) is 2.25. The maximum Gasteiger partial charge on any atom is 0.270 e. The van der Waals surface area contributed by atoms with Crippen LogP contribution in [-0.4, -0.2) is 28.0 Å². The fourth-order valence-electron chi connectivity index (χ4n) is 3.21. The van der Waals surface area contributed by atoms with Crippen molar-refractivity contribution in [1.29, 1.82) is 0 Å². The van der Waals surface area contributed by atoms with Crippen molar-refractivity contribution in [3.63, 3.8) is 0 Å². The average Bonchev–Trinajstić information content (AvgIpc) is 3.26. The second-order valence-electron chi connectivity index (χ2n) is 7.03. The van der Waals surface area contributed by atoms with E-state index in [1.807, 2.05) is 43.3 Å². The SMILES string of the molecule is COc1ccc(CN(C(=O)c2cnc(Nc3cncc(Cl)n3)s2)c2c(C)cccc2Cl)cc1. The molecule has 1 amide bonds. The number of nitrogens with one attached hydrogen (secondary N) is 1. The molecule has 0 atom stereocenters. The topological polar surface area (TPSA) is 80.2 Å². The Bertz CT molecular complexity index is 1260. The number of thiazole rings is 1. The number of carbonyl (C=O) groups is 1. The molecule has 0 saturated carbocycles. The van der Waals surface area contributed by atoms with Gasteiger partial charge in [-0.2, -0.15) is 0 Å². The monoisotopic (exact) mass is 499 g/mol. The van der Waals surface area contributed by atoms with Gasteiger partial charge >= 0.3 is 0 Å². The molecule has 2 aromatic carbocycles. The van der Waals surface area contributed by atoms with Gasteiger partial charge in [-0.05, 0) is 36.2 Å². The van der Waals surface area contributed by atoms with Gasteiger partial charge in [0.2, 0.25) is 0 Å². The van der Waals surface area contributed by atoms with Crippen LogP contribution in [0.25, 0.3) is 0 Å².